The summed E-state index contributed by atoms with van der Waals surface area (Å²) in [6.07, 6.45) is -4.62. The van der Waals surface area contributed by atoms with Crippen molar-refractivity contribution < 1.29 is 21.6 Å². The Morgan fingerprint density at radius 1 is 1.29 bits per heavy atom. The normalized spacial score (nSPS) is 12.9. The molecule has 0 heterocycles. The minimum atomic E-state index is -4.62. The zero-order chi connectivity index (χ0) is 15.8. The van der Waals surface area contributed by atoms with Gasteiger partial charge in [0.1, 0.15) is 0 Å². The molecule has 1 aromatic carbocycles. The van der Waals surface area contributed by atoms with Gasteiger partial charge in [0.2, 0.25) is 10.0 Å². The van der Waals surface area contributed by atoms with Crippen LogP contribution in [0.15, 0.2) is 27.6 Å². The summed E-state index contributed by atoms with van der Waals surface area (Å²) in [4.78, 5) is -0.478. The molecule has 0 aliphatic rings. The molecule has 0 aliphatic heterocycles. The lowest BCUT2D eigenvalue weighted by Gasteiger charge is -2.24. The number of nitrogens with two attached hydrogens (primary N) is 1. The Labute approximate surface area is 135 Å². The molecule has 4 nitrogen and oxygen atoms in total. The molecule has 3 N–H and O–H groups in total. The lowest BCUT2D eigenvalue weighted by molar-refractivity contribution is -0.137. The van der Waals surface area contributed by atoms with E-state index in [0.717, 1.165) is 12.1 Å². The van der Waals surface area contributed by atoms with Crippen molar-refractivity contribution in [1.29, 1.82) is 0 Å². The Morgan fingerprint density at radius 3 is 2.24 bits per heavy atom. The van der Waals surface area contributed by atoms with Crippen LogP contribution in [0.5, 0.6) is 0 Å². The van der Waals surface area contributed by atoms with Crippen LogP contribution in [-0.2, 0) is 16.2 Å². The summed E-state index contributed by atoms with van der Waals surface area (Å²) in [5.74, 6) is 0. The Morgan fingerprint density at radius 2 is 1.81 bits per heavy atom. The van der Waals surface area contributed by atoms with Crippen molar-refractivity contribution in [3.05, 3.63) is 28.2 Å². The third kappa shape index (κ3) is 5.41. The first-order valence-corrected chi connectivity index (χ1v) is 7.77. The third-order valence-electron chi connectivity index (χ3n) is 2.47. The highest BCUT2D eigenvalue weighted by Crippen LogP contribution is 2.33. The van der Waals surface area contributed by atoms with Crippen LogP contribution >= 0.6 is 28.3 Å². The monoisotopic (exact) mass is 410 g/mol. The molecule has 0 radical (unpaired) electrons. The summed E-state index contributed by atoms with van der Waals surface area (Å²) in [5.41, 5.74) is 3.41. The van der Waals surface area contributed by atoms with E-state index in [2.05, 4.69) is 20.7 Å². The molecule has 0 spiro atoms. The lowest BCUT2D eigenvalue weighted by Crippen LogP contribution is -2.48. The van der Waals surface area contributed by atoms with Gasteiger partial charge in [0.25, 0.3) is 0 Å². The average Bonchev–Trinajstić information content (AvgIpc) is 2.26. The van der Waals surface area contributed by atoms with E-state index in [4.69, 9.17) is 5.73 Å². The molecule has 0 fully saturated rings. The van der Waals surface area contributed by atoms with Gasteiger partial charge in [0.15, 0.2) is 0 Å². The minimum absolute atomic E-state index is 0. The van der Waals surface area contributed by atoms with Gasteiger partial charge < -0.3 is 5.73 Å². The van der Waals surface area contributed by atoms with Crippen molar-refractivity contribution in [1.82, 2.24) is 4.72 Å². The van der Waals surface area contributed by atoms with E-state index < -0.39 is 32.2 Å². The first-order chi connectivity index (χ1) is 8.89. The largest absolute Gasteiger partial charge is 0.416 e. The van der Waals surface area contributed by atoms with Crippen molar-refractivity contribution in [3.8, 4) is 0 Å². The fraction of sp³-hybridized carbons (Fsp3) is 0.455. The summed E-state index contributed by atoms with van der Waals surface area (Å²) < 4.78 is 64.5. The highest BCUT2D eigenvalue weighted by molar-refractivity contribution is 9.10. The Kier molecular flexibility index (Phi) is 6.71. The van der Waals surface area contributed by atoms with Gasteiger partial charge in [-0.1, -0.05) is 0 Å². The van der Waals surface area contributed by atoms with Crippen LogP contribution < -0.4 is 10.5 Å². The van der Waals surface area contributed by atoms with Gasteiger partial charge in [-0.25, -0.2) is 13.1 Å². The van der Waals surface area contributed by atoms with Gasteiger partial charge >= 0.3 is 6.18 Å². The summed E-state index contributed by atoms with van der Waals surface area (Å²) in [7, 11) is -4.12. The van der Waals surface area contributed by atoms with Crippen LogP contribution in [0.2, 0.25) is 0 Å². The number of nitrogens with one attached hydrogen (secondary N) is 1. The van der Waals surface area contributed by atoms with Crippen molar-refractivity contribution in [2.24, 2.45) is 5.73 Å². The number of halogens is 5. The van der Waals surface area contributed by atoms with Gasteiger partial charge in [-0.15, -0.1) is 12.4 Å². The number of benzene rings is 1. The Bertz CT molecular complexity index is 606. The van der Waals surface area contributed by atoms with Crippen LogP contribution in [0.1, 0.15) is 19.4 Å². The molecule has 0 atom stereocenters. The molecule has 0 saturated heterocycles. The number of hydrogen-bond donors (Lipinski definition) is 2. The Balaban J connectivity index is 0.00000400. The maximum Gasteiger partial charge on any atom is 0.416 e. The molecule has 0 aliphatic carbocycles. The highest BCUT2D eigenvalue weighted by Gasteiger charge is 2.33. The molecule has 21 heavy (non-hydrogen) atoms. The van der Waals surface area contributed by atoms with E-state index in [1.54, 1.807) is 0 Å². The molecule has 0 saturated carbocycles. The summed E-state index contributed by atoms with van der Waals surface area (Å²) in [6, 6.07) is 2.43. The second-order valence-electron chi connectivity index (χ2n) is 4.84. The zero-order valence-electron chi connectivity index (χ0n) is 11.2. The van der Waals surface area contributed by atoms with Gasteiger partial charge in [-0.2, -0.15) is 13.2 Å². The second kappa shape index (κ2) is 6.82. The summed E-state index contributed by atoms with van der Waals surface area (Å²) in [5, 5.41) is 0. The molecule has 1 aromatic rings. The van der Waals surface area contributed by atoms with Crippen LogP contribution in [0.3, 0.4) is 0 Å². The molecule has 0 unspecified atom stereocenters. The quantitative estimate of drug-likeness (QED) is 0.800. The van der Waals surface area contributed by atoms with Gasteiger partial charge in [0.05, 0.1) is 10.5 Å². The van der Waals surface area contributed by atoms with Crippen LogP contribution in [-0.4, -0.2) is 20.5 Å². The van der Waals surface area contributed by atoms with E-state index in [1.807, 2.05) is 0 Å². The minimum Gasteiger partial charge on any atom is -0.329 e. The van der Waals surface area contributed by atoms with E-state index in [0.29, 0.717) is 6.07 Å². The van der Waals surface area contributed by atoms with E-state index in [9.17, 15) is 21.6 Å². The fourth-order valence-corrected chi connectivity index (χ4v) is 3.76. The first-order valence-electron chi connectivity index (χ1n) is 5.50. The fourth-order valence-electron chi connectivity index (χ4n) is 1.35. The number of alkyl halides is 3. The predicted octanol–water partition coefficient (Wildman–Crippen LogP) is 2.91. The smallest absolute Gasteiger partial charge is 0.329 e. The van der Waals surface area contributed by atoms with Crippen molar-refractivity contribution >= 4 is 38.4 Å². The number of sulfonamides is 1. The van der Waals surface area contributed by atoms with Crippen LogP contribution in [0.4, 0.5) is 13.2 Å². The predicted molar refractivity (Wildman–Crippen MR) is 79.8 cm³/mol. The van der Waals surface area contributed by atoms with Crippen LogP contribution in [0.25, 0.3) is 0 Å². The van der Waals surface area contributed by atoms with Gasteiger partial charge in [0, 0.05) is 16.6 Å². The van der Waals surface area contributed by atoms with E-state index >= 15 is 0 Å². The first kappa shape index (κ1) is 20.6. The maximum atomic E-state index is 12.6. The van der Waals surface area contributed by atoms with Crippen molar-refractivity contribution in [2.45, 2.75) is 30.5 Å². The lowest BCUT2D eigenvalue weighted by atomic mass is 10.1. The van der Waals surface area contributed by atoms with E-state index in [1.165, 1.54) is 13.8 Å². The zero-order valence-corrected chi connectivity index (χ0v) is 14.4. The standard InChI is InChI=1S/C11H14BrF3N2O2S.ClH/c1-10(2,6-16)17-20(18,19)9-5-7(11(13,14)15)3-4-8(9)12;/h3-5,17H,6,16H2,1-2H3;1H. The third-order valence-corrected chi connectivity index (χ3v) is 5.16. The molecule has 0 amide bonds. The molecule has 0 bridgehead atoms. The topological polar surface area (TPSA) is 72.2 Å². The van der Waals surface area contributed by atoms with Crippen LogP contribution in [0, 0.1) is 0 Å². The Hall–Kier alpha value is -0.350. The SMILES string of the molecule is CC(C)(CN)NS(=O)(=O)c1cc(C(F)(F)F)ccc1Br.Cl. The van der Waals surface area contributed by atoms with Crippen molar-refractivity contribution in [2.75, 3.05) is 6.54 Å². The number of rotatable bonds is 4. The molecule has 1 rings (SSSR count). The molecular weight excluding hydrogens is 397 g/mol. The second-order valence-corrected chi connectivity index (χ2v) is 7.34. The average molecular weight is 412 g/mol. The highest BCUT2D eigenvalue weighted by atomic mass is 79.9. The summed E-state index contributed by atoms with van der Waals surface area (Å²) in [6.45, 7) is 3.07. The molecule has 0 aromatic heterocycles. The molecular formula is C11H15BrClF3N2O2S. The van der Waals surface area contributed by atoms with Gasteiger partial charge in [-0.3, -0.25) is 0 Å². The summed E-state index contributed by atoms with van der Waals surface area (Å²) >= 11 is 2.94. The van der Waals surface area contributed by atoms with E-state index in [-0.39, 0.29) is 23.4 Å². The number of hydrogen-bond acceptors (Lipinski definition) is 3. The van der Waals surface area contributed by atoms with Gasteiger partial charge in [-0.05, 0) is 48.0 Å². The molecule has 122 valence electrons. The maximum absolute atomic E-state index is 12.6. The van der Waals surface area contributed by atoms with Crippen molar-refractivity contribution in [3.63, 3.8) is 0 Å². The molecule has 10 heteroatoms.